The molecule has 3 heteroatoms. The van der Waals surface area contributed by atoms with Crippen LogP contribution in [0.4, 0.5) is 0 Å². The average Bonchev–Trinajstić information content (AvgIpc) is 2.85. The van der Waals surface area contributed by atoms with Crippen LogP contribution in [0.3, 0.4) is 0 Å². The molecule has 0 bridgehead atoms. The molecule has 2 nitrogen and oxygen atoms in total. The van der Waals surface area contributed by atoms with Gasteiger partial charge in [0.25, 0.3) is 0 Å². The van der Waals surface area contributed by atoms with E-state index in [0.29, 0.717) is 18.2 Å². The molecule has 1 fully saturated rings. The van der Waals surface area contributed by atoms with Gasteiger partial charge in [-0.05, 0) is 30.6 Å². The lowest BCUT2D eigenvalue weighted by atomic mass is 9.85. The fraction of sp³-hybridized carbons (Fsp3) is 0.917. The fourth-order valence-corrected chi connectivity index (χ4v) is 1.89. The van der Waals surface area contributed by atoms with Crippen LogP contribution in [0, 0.1) is 11.3 Å². The summed E-state index contributed by atoms with van der Waals surface area (Å²) < 4.78 is 0. The maximum atomic E-state index is 11.7. The fourth-order valence-electron chi connectivity index (χ4n) is 1.67. The molecule has 1 aliphatic rings. The van der Waals surface area contributed by atoms with Crippen molar-refractivity contribution in [2.45, 2.75) is 52.5 Å². The number of halogens is 1. The van der Waals surface area contributed by atoms with Crippen LogP contribution in [0.2, 0.25) is 0 Å². The third-order valence-electron chi connectivity index (χ3n) is 2.95. The molecule has 1 saturated carbocycles. The Labute approximate surface area is 97.8 Å². The summed E-state index contributed by atoms with van der Waals surface area (Å²) in [5.41, 5.74) is 0.0914. The number of carbonyl (C=O) groups excluding carboxylic acids is 1. The number of nitrogens with one attached hydrogen (secondary N) is 1. The van der Waals surface area contributed by atoms with Gasteiger partial charge in [-0.25, -0.2) is 0 Å². The van der Waals surface area contributed by atoms with Crippen LogP contribution in [0.1, 0.15) is 46.5 Å². The minimum atomic E-state index is 0.0914. The highest BCUT2D eigenvalue weighted by atomic mass is 35.5. The Bertz CT molecular complexity index is 218. The summed E-state index contributed by atoms with van der Waals surface area (Å²) in [7, 11) is 0. The van der Waals surface area contributed by atoms with Crippen molar-refractivity contribution < 1.29 is 4.79 Å². The molecule has 1 atom stereocenters. The highest BCUT2D eigenvalue weighted by Gasteiger charge is 2.29. The standard InChI is InChI=1S/C12H22ClNO/c1-12(2,3)10(6-7-13)14-11(15)8-9-4-5-9/h9-10H,4-8H2,1-3H3,(H,14,15). The normalized spacial score (nSPS) is 18.7. The largest absolute Gasteiger partial charge is 0.353 e. The highest BCUT2D eigenvalue weighted by molar-refractivity contribution is 6.17. The third-order valence-corrected chi connectivity index (χ3v) is 3.17. The van der Waals surface area contributed by atoms with Gasteiger partial charge in [-0.15, -0.1) is 11.6 Å². The van der Waals surface area contributed by atoms with Gasteiger partial charge in [-0.3, -0.25) is 4.79 Å². The van der Waals surface area contributed by atoms with Gasteiger partial charge < -0.3 is 5.32 Å². The lowest BCUT2D eigenvalue weighted by molar-refractivity contribution is -0.122. The SMILES string of the molecule is CC(C)(C)C(CCCl)NC(=O)CC1CC1. The number of hydrogen-bond donors (Lipinski definition) is 1. The monoisotopic (exact) mass is 231 g/mol. The van der Waals surface area contributed by atoms with Crippen molar-refractivity contribution in [3.05, 3.63) is 0 Å². The number of hydrogen-bond acceptors (Lipinski definition) is 1. The van der Waals surface area contributed by atoms with Gasteiger partial charge in [0, 0.05) is 18.3 Å². The van der Waals surface area contributed by atoms with Crippen molar-refractivity contribution in [1.82, 2.24) is 5.32 Å². The Kier molecular flexibility index (Phi) is 4.45. The Balaban J connectivity index is 2.38. The molecule has 0 aliphatic heterocycles. The van der Waals surface area contributed by atoms with E-state index in [1.165, 1.54) is 12.8 Å². The first-order valence-corrected chi connectivity index (χ1v) is 6.32. The van der Waals surface area contributed by atoms with Crippen molar-refractivity contribution in [2.24, 2.45) is 11.3 Å². The van der Waals surface area contributed by atoms with Crippen molar-refractivity contribution >= 4 is 17.5 Å². The molecule has 1 aliphatic carbocycles. The second-order valence-electron chi connectivity index (χ2n) is 5.61. The molecule has 1 unspecified atom stereocenters. The highest BCUT2D eigenvalue weighted by Crippen LogP contribution is 2.32. The average molecular weight is 232 g/mol. The van der Waals surface area contributed by atoms with E-state index in [9.17, 15) is 4.79 Å². The molecular weight excluding hydrogens is 210 g/mol. The smallest absolute Gasteiger partial charge is 0.220 e. The predicted molar refractivity (Wildman–Crippen MR) is 64.1 cm³/mol. The van der Waals surface area contributed by atoms with E-state index in [4.69, 9.17) is 11.6 Å². The lowest BCUT2D eigenvalue weighted by Gasteiger charge is -2.31. The van der Waals surface area contributed by atoms with E-state index in [2.05, 4.69) is 26.1 Å². The number of amides is 1. The molecule has 0 spiro atoms. The van der Waals surface area contributed by atoms with Gasteiger partial charge >= 0.3 is 0 Å². The topological polar surface area (TPSA) is 29.1 Å². The van der Waals surface area contributed by atoms with Crippen LogP contribution in [-0.4, -0.2) is 17.8 Å². The summed E-state index contributed by atoms with van der Waals surface area (Å²) in [5.74, 6) is 1.45. The van der Waals surface area contributed by atoms with E-state index in [1.807, 2.05) is 0 Å². The zero-order valence-electron chi connectivity index (χ0n) is 9.98. The predicted octanol–water partition coefficient (Wildman–Crippen LogP) is 2.95. The molecule has 1 rings (SSSR count). The number of carbonyl (C=O) groups is 1. The van der Waals surface area contributed by atoms with Crippen molar-refractivity contribution in [2.75, 3.05) is 5.88 Å². The second-order valence-corrected chi connectivity index (χ2v) is 5.99. The summed E-state index contributed by atoms with van der Waals surface area (Å²) >= 11 is 5.75. The van der Waals surface area contributed by atoms with Crippen LogP contribution >= 0.6 is 11.6 Å². The lowest BCUT2D eigenvalue weighted by Crippen LogP contribution is -2.44. The minimum Gasteiger partial charge on any atom is -0.353 e. The van der Waals surface area contributed by atoms with Crippen LogP contribution in [0.5, 0.6) is 0 Å². The van der Waals surface area contributed by atoms with Gasteiger partial charge in [0.15, 0.2) is 0 Å². The van der Waals surface area contributed by atoms with E-state index in [0.717, 1.165) is 6.42 Å². The van der Waals surface area contributed by atoms with Crippen LogP contribution in [0.25, 0.3) is 0 Å². The Morgan fingerprint density at radius 2 is 2.07 bits per heavy atom. The molecule has 88 valence electrons. The molecule has 0 saturated heterocycles. The first kappa shape index (κ1) is 12.8. The summed E-state index contributed by atoms with van der Waals surface area (Å²) in [6, 6.07) is 0.196. The molecule has 1 amide bonds. The summed E-state index contributed by atoms with van der Waals surface area (Å²) in [6.45, 7) is 6.42. The van der Waals surface area contributed by atoms with E-state index in [1.54, 1.807) is 0 Å². The molecule has 0 heterocycles. The molecule has 0 aromatic heterocycles. The summed E-state index contributed by atoms with van der Waals surface area (Å²) in [4.78, 5) is 11.7. The minimum absolute atomic E-state index is 0.0914. The van der Waals surface area contributed by atoms with Crippen LogP contribution in [-0.2, 0) is 4.79 Å². The quantitative estimate of drug-likeness (QED) is 0.725. The van der Waals surface area contributed by atoms with Crippen LogP contribution in [0.15, 0.2) is 0 Å². The van der Waals surface area contributed by atoms with E-state index < -0.39 is 0 Å². The molecule has 0 aromatic rings. The number of alkyl halides is 1. The van der Waals surface area contributed by atoms with E-state index >= 15 is 0 Å². The zero-order chi connectivity index (χ0) is 11.5. The Morgan fingerprint density at radius 1 is 1.47 bits per heavy atom. The summed E-state index contributed by atoms with van der Waals surface area (Å²) in [6.07, 6.45) is 4.00. The molecular formula is C12H22ClNO. The second kappa shape index (κ2) is 5.20. The maximum Gasteiger partial charge on any atom is 0.220 e. The first-order chi connectivity index (χ1) is 6.93. The van der Waals surface area contributed by atoms with Gasteiger partial charge in [0.2, 0.25) is 5.91 Å². The Hall–Kier alpha value is -0.240. The molecule has 15 heavy (non-hydrogen) atoms. The van der Waals surface area contributed by atoms with Gasteiger partial charge in [-0.2, -0.15) is 0 Å². The van der Waals surface area contributed by atoms with Gasteiger partial charge in [-0.1, -0.05) is 20.8 Å². The van der Waals surface area contributed by atoms with Gasteiger partial charge in [0.05, 0.1) is 0 Å². The number of rotatable bonds is 5. The Morgan fingerprint density at radius 3 is 2.47 bits per heavy atom. The van der Waals surface area contributed by atoms with Gasteiger partial charge in [0.1, 0.15) is 0 Å². The first-order valence-electron chi connectivity index (χ1n) is 5.79. The summed E-state index contributed by atoms with van der Waals surface area (Å²) in [5, 5.41) is 3.11. The van der Waals surface area contributed by atoms with E-state index in [-0.39, 0.29) is 17.4 Å². The van der Waals surface area contributed by atoms with Crippen molar-refractivity contribution in [3.8, 4) is 0 Å². The zero-order valence-corrected chi connectivity index (χ0v) is 10.7. The van der Waals surface area contributed by atoms with Crippen molar-refractivity contribution in [1.29, 1.82) is 0 Å². The molecule has 1 N–H and O–H groups in total. The molecule has 0 aromatic carbocycles. The third kappa shape index (κ3) is 4.87. The van der Waals surface area contributed by atoms with Crippen LogP contribution < -0.4 is 5.32 Å². The molecule has 0 radical (unpaired) electrons. The maximum absolute atomic E-state index is 11.7. The van der Waals surface area contributed by atoms with Crippen molar-refractivity contribution in [3.63, 3.8) is 0 Å².